The van der Waals surface area contributed by atoms with Crippen molar-refractivity contribution < 1.29 is 9.59 Å². The number of amides is 1. The van der Waals surface area contributed by atoms with Crippen molar-refractivity contribution in [1.29, 1.82) is 0 Å². The van der Waals surface area contributed by atoms with E-state index >= 15 is 0 Å². The normalized spacial score (nSPS) is 18.9. The van der Waals surface area contributed by atoms with Crippen molar-refractivity contribution in [3.63, 3.8) is 0 Å². The molecule has 1 unspecified atom stereocenters. The van der Waals surface area contributed by atoms with E-state index in [4.69, 9.17) is 0 Å². The molecule has 4 nitrogen and oxygen atoms in total. The monoisotopic (exact) mass is 350 g/mol. The van der Waals surface area contributed by atoms with E-state index in [-0.39, 0.29) is 17.6 Å². The second-order valence-corrected chi connectivity index (χ2v) is 7.08. The number of halogens is 1. The van der Waals surface area contributed by atoms with E-state index in [0.717, 1.165) is 15.9 Å². The first-order chi connectivity index (χ1) is 9.72. The predicted octanol–water partition coefficient (Wildman–Crippen LogP) is 3.79. The standard InChI is InChI=1S/C16H19BrN2O2/c1-10(20)9-16(3,4)14-11(2)18-19(15(14)21)13-7-5-12(17)6-8-13/h5-8,14H,9H2,1-4H3. The maximum Gasteiger partial charge on any atom is 0.256 e. The molecule has 112 valence electrons. The second kappa shape index (κ2) is 5.72. The van der Waals surface area contributed by atoms with Crippen molar-refractivity contribution in [2.24, 2.45) is 16.4 Å². The summed E-state index contributed by atoms with van der Waals surface area (Å²) in [5.74, 6) is -0.339. The third-order valence-electron chi connectivity index (χ3n) is 3.69. The van der Waals surface area contributed by atoms with Gasteiger partial charge in [-0.25, -0.2) is 5.01 Å². The van der Waals surface area contributed by atoms with Crippen LogP contribution >= 0.6 is 15.9 Å². The van der Waals surface area contributed by atoms with Crippen molar-refractivity contribution in [2.75, 3.05) is 5.01 Å². The molecule has 1 atom stereocenters. The van der Waals surface area contributed by atoms with Crippen molar-refractivity contribution in [2.45, 2.75) is 34.1 Å². The maximum absolute atomic E-state index is 12.7. The number of anilines is 1. The summed E-state index contributed by atoms with van der Waals surface area (Å²) in [6, 6.07) is 7.45. The second-order valence-electron chi connectivity index (χ2n) is 6.17. The number of carbonyl (C=O) groups excluding carboxylic acids is 2. The summed E-state index contributed by atoms with van der Waals surface area (Å²) in [6.07, 6.45) is 0.366. The minimum absolute atomic E-state index is 0.0685. The molecule has 1 aliphatic heterocycles. The molecule has 1 aromatic carbocycles. The van der Waals surface area contributed by atoms with Crippen LogP contribution in [0.1, 0.15) is 34.1 Å². The number of ketones is 1. The molecule has 1 aliphatic rings. The van der Waals surface area contributed by atoms with Gasteiger partial charge in [-0.1, -0.05) is 29.8 Å². The highest BCUT2D eigenvalue weighted by molar-refractivity contribution is 9.10. The maximum atomic E-state index is 12.7. The van der Waals surface area contributed by atoms with Gasteiger partial charge in [-0.15, -0.1) is 0 Å². The Bertz CT molecular complexity index is 605. The molecule has 0 aromatic heterocycles. The zero-order chi connectivity index (χ0) is 15.8. The SMILES string of the molecule is CC(=O)CC(C)(C)C1C(=O)N(c2ccc(Br)cc2)N=C1C. The van der Waals surface area contributed by atoms with Gasteiger partial charge in [-0.05, 0) is 43.5 Å². The number of hydrogen-bond acceptors (Lipinski definition) is 3. The number of benzene rings is 1. The molecular weight excluding hydrogens is 332 g/mol. The molecule has 0 saturated heterocycles. The van der Waals surface area contributed by atoms with Gasteiger partial charge < -0.3 is 4.79 Å². The van der Waals surface area contributed by atoms with Crippen LogP contribution in [0.15, 0.2) is 33.8 Å². The number of hydrogen-bond donors (Lipinski definition) is 0. The van der Waals surface area contributed by atoms with Crippen LogP contribution in [-0.2, 0) is 9.59 Å². The predicted molar refractivity (Wildman–Crippen MR) is 87.3 cm³/mol. The van der Waals surface area contributed by atoms with Gasteiger partial charge in [-0.3, -0.25) is 4.79 Å². The lowest BCUT2D eigenvalue weighted by Crippen LogP contribution is -2.38. The Balaban J connectivity index is 2.30. The van der Waals surface area contributed by atoms with E-state index in [1.54, 1.807) is 6.92 Å². The smallest absolute Gasteiger partial charge is 0.256 e. The summed E-state index contributed by atoms with van der Waals surface area (Å²) >= 11 is 3.38. The summed E-state index contributed by atoms with van der Waals surface area (Å²) in [5, 5.41) is 5.84. The largest absolute Gasteiger partial charge is 0.300 e. The fourth-order valence-electron chi connectivity index (χ4n) is 2.98. The fraction of sp³-hybridized carbons (Fsp3) is 0.438. The van der Waals surface area contributed by atoms with Gasteiger partial charge in [-0.2, -0.15) is 5.10 Å². The van der Waals surface area contributed by atoms with E-state index in [9.17, 15) is 9.59 Å². The quantitative estimate of drug-likeness (QED) is 0.829. The van der Waals surface area contributed by atoms with Crippen LogP contribution in [0.4, 0.5) is 5.69 Å². The van der Waals surface area contributed by atoms with E-state index in [2.05, 4.69) is 21.0 Å². The summed E-state index contributed by atoms with van der Waals surface area (Å²) < 4.78 is 0.951. The van der Waals surface area contributed by atoms with Gasteiger partial charge in [0, 0.05) is 16.6 Å². The molecule has 0 aliphatic carbocycles. The molecule has 1 aromatic rings. The highest BCUT2D eigenvalue weighted by Gasteiger charge is 2.44. The Morgan fingerprint density at radius 3 is 2.43 bits per heavy atom. The van der Waals surface area contributed by atoms with Gasteiger partial charge >= 0.3 is 0 Å². The first-order valence-electron chi connectivity index (χ1n) is 6.86. The number of hydrazone groups is 1. The van der Waals surface area contributed by atoms with Gasteiger partial charge in [0.05, 0.1) is 11.6 Å². The van der Waals surface area contributed by atoms with Crippen molar-refractivity contribution in [3.8, 4) is 0 Å². The van der Waals surface area contributed by atoms with Gasteiger partial charge in [0.25, 0.3) is 5.91 Å². The number of nitrogens with zero attached hydrogens (tertiary/aromatic N) is 2. The topological polar surface area (TPSA) is 49.7 Å². The molecule has 0 radical (unpaired) electrons. The van der Waals surface area contributed by atoms with Crippen LogP contribution in [0.3, 0.4) is 0 Å². The average Bonchev–Trinajstić information content (AvgIpc) is 2.64. The number of rotatable bonds is 4. The molecular formula is C16H19BrN2O2. The zero-order valence-corrected chi connectivity index (χ0v) is 14.3. The number of Topliss-reactive ketones (excluding diaryl/α,β-unsaturated/α-hetero) is 1. The Morgan fingerprint density at radius 1 is 1.33 bits per heavy atom. The lowest BCUT2D eigenvalue weighted by Gasteiger charge is -2.29. The van der Waals surface area contributed by atoms with Crippen LogP contribution < -0.4 is 5.01 Å². The lowest BCUT2D eigenvalue weighted by molar-refractivity contribution is -0.124. The minimum atomic E-state index is -0.430. The molecule has 2 rings (SSSR count). The van der Waals surface area contributed by atoms with Crippen LogP contribution in [0.5, 0.6) is 0 Å². The first-order valence-corrected chi connectivity index (χ1v) is 7.66. The van der Waals surface area contributed by atoms with E-state index in [0.29, 0.717) is 6.42 Å². The molecule has 0 N–H and O–H groups in total. The summed E-state index contributed by atoms with van der Waals surface area (Å²) in [5.41, 5.74) is 1.07. The molecule has 0 bridgehead atoms. The van der Waals surface area contributed by atoms with Crippen LogP contribution in [0, 0.1) is 11.3 Å². The third-order valence-corrected chi connectivity index (χ3v) is 4.22. The summed E-state index contributed by atoms with van der Waals surface area (Å²) in [7, 11) is 0. The van der Waals surface area contributed by atoms with Crippen molar-refractivity contribution in [1.82, 2.24) is 0 Å². The first kappa shape index (κ1) is 15.9. The molecule has 0 spiro atoms. The fourth-order valence-corrected chi connectivity index (χ4v) is 3.24. The van der Waals surface area contributed by atoms with Crippen molar-refractivity contribution >= 4 is 39.0 Å². The van der Waals surface area contributed by atoms with Gasteiger partial charge in [0.2, 0.25) is 0 Å². The lowest BCUT2D eigenvalue weighted by atomic mass is 9.73. The van der Waals surface area contributed by atoms with E-state index < -0.39 is 5.41 Å². The molecule has 1 heterocycles. The summed E-state index contributed by atoms with van der Waals surface area (Å²) in [4.78, 5) is 24.2. The van der Waals surface area contributed by atoms with Crippen LogP contribution in [-0.4, -0.2) is 17.4 Å². The zero-order valence-electron chi connectivity index (χ0n) is 12.7. The Kier molecular flexibility index (Phi) is 4.33. The molecule has 1 amide bonds. The molecule has 0 fully saturated rings. The third kappa shape index (κ3) is 3.23. The molecule has 0 saturated carbocycles. The summed E-state index contributed by atoms with van der Waals surface area (Å²) in [6.45, 7) is 7.30. The number of carbonyl (C=O) groups is 2. The van der Waals surface area contributed by atoms with Gasteiger partial charge in [0.15, 0.2) is 0 Å². The Morgan fingerprint density at radius 2 is 1.90 bits per heavy atom. The highest BCUT2D eigenvalue weighted by Crippen LogP contribution is 2.38. The van der Waals surface area contributed by atoms with E-state index in [1.807, 2.05) is 45.0 Å². The molecule has 5 heteroatoms. The molecule has 21 heavy (non-hydrogen) atoms. The Labute approximate surface area is 133 Å². The van der Waals surface area contributed by atoms with Crippen LogP contribution in [0.2, 0.25) is 0 Å². The van der Waals surface area contributed by atoms with E-state index in [1.165, 1.54) is 5.01 Å². The minimum Gasteiger partial charge on any atom is -0.300 e. The van der Waals surface area contributed by atoms with Crippen molar-refractivity contribution in [3.05, 3.63) is 28.7 Å². The van der Waals surface area contributed by atoms with Gasteiger partial charge in [0.1, 0.15) is 5.78 Å². The average molecular weight is 351 g/mol. The Hall–Kier alpha value is -1.49. The highest BCUT2D eigenvalue weighted by atomic mass is 79.9. The van der Waals surface area contributed by atoms with Crippen LogP contribution in [0.25, 0.3) is 0 Å².